The van der Waals surface area contributed by atoms with Gasteiger partial charge in [-0.15, -0.1) is 0 Å². The summed E-state index contributed by atoms with van der Waals surface area (Å²) in [5, 5.41) is 21.3. The van der Waals surface area contributed by atoms with Crippen LogP contribution in [0.5, 0.6) is 0 Å². The van der Waals surface area contributed by atoms with Gasteiger partial charge in [-0.1, -0.05) is 424 Å². The molecule has 0 spiro atoms. The lowest BCUT2D eigenvalue weighted by Gasteiger charge is -2.26. The summed E-state index contributed by atoms with van der Waals surface area (Å²) in [7, 11) is 0. The Morgan fingerprint density at radius 2 is 0.538 bits per heavy atom. The molecular weight excluding hydrogens is 1750 g/mol. The molecule has 25 aromatic rings. The molecule has 6 heteroatoms. The van der Waals surface area contributed by atoms with E-state index in [-0.39, 0.29) is 16.2 Å². The molecule has 145 heavy (non-hydrogen) atoms. The normalized spacial score (nSPS) is 13.8. The van der Waals surface area contributed by atoms with Crippen molar-refractivity contribution in [3.05, 3.63) is 493 Å². The van der Waals surface area contributed by atoms with Crippen molar-refractivity contribution in [1.29, 1.82) is 0 Å². The molecule has 0 bridgehead atoms. The molecule has 0 N–H and O–H groups in total. The molecule has 5 heterocycles. The molecule has 0 fully saturated rings. The van der Waals surface area contributed by atoms with Gasteiger partial charge >= 0.3 is 0 Å². The summed E-state index contributed by atoms with van der Waals surface area (Å²) in [5.41, 5.74) is 44.2. The van der Waals surface area contributed by atoms with Gasteiger partial charge in [-0.3, -0.25) is 4.98 Å². The number of benzene rings is 20. The van der Waals surface area contributed by atoms with Gasteiger partial charge in [0, 0.05) is 79.4 Å². The van der Waals surface area contributed by atoms with Gasteiger partial charge in [0.25, 0.3) is 0 Å². The summed E-state index contributed by atoms with van der Waals surface area (Å²) < 4.78 is 0. The van der Waals surface area contributed by atoms with Crippen LogP contribution in [0.2, 0.25) is 0 Å². The molecule has 0 saturated carbocycles. The Hall–Kier alpha value is -17.8. The highest BCUT2D eigenvalue weighted by atomic mass is 14.9. The SMILES string of the molecule is CC1(C)c2ccccc2-c2nc3ccc4ccccc4c3c(-c3ccc(-c4ccc(-c5ccc6ccc7c8c6c5CC=C8CC=C7)c5ccccc45)cc3)c21.CC1(C)c2ccccc2-c2nc3ccc4ccccc4c3c(-c3ccc(-c4ccc(-c5ccncc5)c5ccccc45)cc3)c21.CC1(C)c2ccccc2-c2nc3ccc4ccccc4c3c(-c3ccc(-c4ccc(-c5ncccn5)c5ccccc45)cc3)c21. The van der Waals surface area contributed by atoms with Crippen molar-refractivity contribution in [3.63, 3.8) is 0 Å². The van der Waals surface area contributed by atoms with Crippen LogP contribution in [0, 0.1) is 0 Å². The van der Waals surface area contributed by atoms with Crippen molar-refractivity contribution in [2.24, 2.45) is 0 Å². The van der Waals surface area contributed by atoms with Gasteiger partial charge in [0.1, 0.15) is 0 Å². The smallest absolute Gasteiger partial charge is 0.159 e. The number of hydrogen-bond donors (Lipinski definition) is 0. The van der Waals surface area contributed by atoms with Crippen LogP contribution in [0.3, 0.4) is 0 Å². The van der Waals surface area contributed by atoms with Crippen LogP contribution in [-0.4, -0.2) is 29.9 Å². The van der Waals surface area contributed by atoms with Crippen LogP contribution in [0.4, 0.5) is 0 Å². The number of hydrogen-bond acceptors (Lipinski definition) is 6. The second-order valence-electron chi connectivity index (χ2n) is 41.1. The summed E-state index contributed by atoms with van der Waals surface area (Å²) in [4.78, 5) is 29.4. The number of allylic oxidation sites excluding steroid dienone is 3. The van der Waals surface area contributed by atoms with Crippen LogP contribution in [-0.2, 0) is 22.7 Å². The topological polar surface area (TPSA) is 77.3 Å². The average molecular weight is 1850 g/mol. The van der Waals surface area contributed by atoms with Crippen molar-refractivity contribution >= 4 is 120 Å². The number of pyridine rings is 4. The Kier molecular flexibility index (Phi) is 19.5. The van der Waals surface area contributed by atoms with E-state index >= 15 is 0 Å². The van der Waals surface area contributed by atoms with Crippen LogP contribution in [0.1, 0.15) is 98.0 Å². The molecule has 682 valence electrons. The van der Waals surface area contributed by atoms with Crippen molar-refractivity contribution in [2.45, 2.75) is 70.6 Å². The Labute approximate surface area is 841 Å². The number of fused-ring (bicyclic) bond motifs is 21. The minimum atomic E-state index is -0.195. The molecule has 20 aromatic carbocycles. The lowest BCUT2D eigenvalue weighted by atomic mass is 9.77. The van der Waals surface area contributed by atoms with E-state index in [2.05, 4.69) is 475 Å². The van der Waals surface area contributed by atoms with E-state index in [0.717, 1.165) is 63.2 Å². The summed E-state index contributed by atoms with van der Waals surface area (Å²) in [5.74, 6) is 0.741. The molecular formula is C139H96N6. The van der Waals surface area contributed by atoms with E-state index < -0.39 is 0 Å². The largest absolute Gasteiger partial charge is 0.265 e. The fourth-order valence-electron chi connectivity index (χ4n) is 25.5. The monoisotopic (exact) mass is 1850 g/mol. The van der Waals surface area contributed by atoms with Gasteiger partial charge in [0.15, 0.2) is 5.82 Å². The average Bonchev–Trinajstić information content (AvgIpc) is 1.47. The Morgan fingerprint density at radius 1 is 0.221 bits per heavy atom. The van der Waals surface area contributed by atoms with E-state index in [1.807, 2.05) is 18.5 Å². The molecule has 0 amide bonds. The van der Waals surface area contributed by atoms with E-state index in [9.17, 15) is 0 Å². The predicted molar refractivity (Wildman–Crippen MR) is 608 cm³/mol. The lowest BCUT2D eigenvalue weighted by molar-refractivity contribution is 0.661. The Balaban J connectivity index is 0.000000106. The van der Waals surface area contributed by atoms with Crippen molar-refractivity contribution in [3.8, 4) is 134 Å². The second-order valence-corrected chi connectivity index (χ2v) is 41.1. The first-order valence-electron chi connectivity index (χ1n) is 50.6. The van der Waals surface area contributed by atoms with E-state index in [1.165, 1.54) is 248 Å². The first-order chi connectivity index (χ1) is 71.2. The van der Waals surface area contributed by atoms with Gasteiger partial charge in [-0.2, -0.15) is 0 Å². The minimum Gasteiger partial charge on any atom is -0.265 e. The highest BCUT2D eigenvalue weighted by molar-refractivity contribution is 6.21. The molecule has 30 rings (SSSR count). The van der Waals surface area contributed by atoms with Gasteiger partial charge in [0.2, 0.25) is 0 Å². The van der Waals surface area contributed by atoms with E-state index in [1.54, 1.807) is 12.4 Å². The van der Waals surface area contributed by atoms with Crippen LogP contribution in [0.25, 0.3) is 254 Å². The molecule has 6 nitrogen and oxygen atoms in total. The summed E-state index contributed by atoms with van der Waals surface area (Å²) in [6.07, 6.45) is 16.4. The maximum absolute atomic E-state index is 5.41. The standard InChI is InChI=1S/C54H37N.C43H30N2.C42H29N3/c1-54(2)46-17-8-7-16-45(46)53-52(54)50(51-39-13-4-3-10-32(39)26-31-47(51)55-53)37-20-18-33(19-21-37)38-29-30-42(41-15-6-5-14-40(38)41)43-27-24-36-23-22-34-11-9-12-35-25-28-44(43)49(36)48(34)35;1-43(2)37-14-8-7-13-36(37)42-41(43)39(40-33-10-4-3-9-27(33)19-22-38(40)45-42)30-17-15-28(16-18-30)31-20-21-32(29-23-25-44-26-24-29)35-12-6-5-11-34(31)35;1-42(2)35-15-8-7-14-34(35)40-39(42)37(38-30-11-4-3-10-26(30)20-23-36(38)45-40)28-18-16-27(17-19-28)29-21-22-33(41-43-24-9-25-44-41)32-13-6-5-12-31(29)32/h3-11,13-27,29-31H,12,28H2,1-2H3;3-26H,1-2H3;3-25H,1-2H3. The summed E-state index contributed by atoms with van der Waals surface area (Å²) >= 11 is 0. The highest BCUT2D eigenvalue weighted by Gasteiger charge is 2.44. The van der Waals surface area contributed by atoms with Crippen molar-refractivity contribution in [2.75, 3.05) is 0 Å². The number of rotatable bonds is 9. The zero-order valence-electron chi connectivity index (χ0n) is 81.3. The molecule has 0 aliphatic heterocycles. The zero-order chi connectivity index (χ0) is 96.7. The maximum atomic E-state index is 5.41. The third-order valence-electron chi connectivity index (χ3n) is 32.2. The van der Waals surface area contributed by atoms with Gasteiger partial charge < -0.3 is 0 Å². The number of aromatic nitrogens is 6. The molecule has 5 aliphatic carbocycles. The fraction of sp³-hybridized carbons (Fsp3) is 0.0791. The molecule has 0 unspecified atom stereocenters. The van der Waals surface area contributed by atoms with Crippen LogP contribution in [0.15, 0.2) is 443 Å². The van der Waals surface area contributed by atoms with Crippen molar-refractivity contribution < 1.29 is 0 Å². The van der Waals surface area contributed by atoms with E-state index in [0.29, 0.717) is 0 Å². The fourth-order valence-corrected chi connectivity index (χ4v) is 25.5. The van der Waals surface area contributed by atoms with Crippen molar-refractivity contribution in [1.82, 2.24) is 29.9 Å². The summed E-state index contributed by atoms with van der Waals surface area (Å²) in [6.45, 7) is 14.1. The first-order valence-corrected chi connectivity index (χ1v) is 50.6. The van der Waals surface area contributed by atoms with Crippen LogP contribution < -0.4 is 0 Å². The summed E-state index contributed by atoms with van der Waals surface area (Å²) in [6, 6.07) is 149. The van der Waals surface area contributed by atoms with E-state index in [4.69, 9.17) is 15.0 Å². The first kappa shape index (κ1) is 85.2. The Bertz CT molecular complexity index is 9530. The quantitative estimate of drug-likeness (QED) is 0.134. The Morgan fingerprint density at radius 3 is 0.945 bits per heavy atom. The van der Waals surface area contributed by atoms with Crippen LogP contribution >= 0.6 is 0 Å². The lowest BCUT2D eigenvalue weighted by Crippen LogP contribution is -2.16. The second kappa shape index (κ2) is 33.2. The number of nitrogens with zero attached hydrogens (tertiary/aromatic N) is 6. The molecule has 0 saturated heterocycles. The molecule has 0 radical (unpaired) electrons. The third kappa shape index (κ3) is 13.3. The predicted octanol–water partition coefficient (Wildman–Crippen LogP) is 36.2. The molecule has 0 atom stereocenters. The van der Waals surface area contributed by atoms with Gasteiger partial charge in [-0.05, 0) is 275 Å². The zero-order valence-corrected chi connectivity index (χ0v) is 81.3. The third-order valence-corrected chi connectivity index (χ3v) is 32.2. The van der Waals surface area contributed by atoms with Gasteiger partial charge in [0.05, 0.1) is 33.6 Å². The van der Waals surface area contributed by atoms with Gasteiger partial charge in [-0.25, -0.2) is 24.9 Å². The maximum Gasteiger partial charge on any atom is 0.159 e. The minimum absolute atomic E-state index is 0.183. The molecule has 5 aliphatic rings. The molecule has 5 aromatic heterocycles. The highest BCUT2D eigenvalue weighted by Crippen LogP contribution is 2.60.